The average molecular weight is 360 g/mol. The summed E-state index contributed by atoms with van der Waals surface area (Å²) in [5.41, 5.74) is 2.65. The van der Waals surface area contributed by atoms with Crippen molar-refractivity contribution in [3.05, 3.63) is 58.6 Å². The van der Waals surface area contributed by atoms with Gasteiger partial charge in [-0.25, -0.2) is 4.68 Å². The molecule has 2 aromatic heterocycles. The predicted molar refractivity (Wildman–Crippen MR) is 94.9 cm³/mol. The molecule has 0 spiro atoms. The first-order valence-corrected chi connectivity index (χ1v) is 8.04. The maximum atomic E-state index is 12.3. The van der Waals surface area contributed by atoms with E-state index in [-0.39, 0.29) is 12.6 Å². The molecule has 1 amide bonds. The van der Waals surface area contributed by atoms with Crippen LogP contribution in [0, 0.1) is 13.8 Å². The first-order valence-electron chi connectivity index (χ1n) is 7.66. The van der Waals surface area contributed by atoms with Crippen LogP contribution in [0.15, 0.2) is 36.7 Å². The second-order valence-electron chi connectivity index (χ2n) is 5.68. The van der Waals surface area contributed by atoms with Gasteiger partial charge in [0.05, 0.1) is 11.4 Å². The summed E-state index contributed by atoms with van der Waals surface area (Å²) in [7, 11) is 1.80. The van der Waals surface area contributed by atoms with Gasteiger partial charge in [-0.3, -0.25) is 9.48 Å². The summed E-state index contributed by atoms with van der Waals surface area (Å²) in [6.07, 6.45) is 3.43. The molecule has 0 aliphatic heterocycles. The number of ether oxygens (including phenoxy) is 1. The van der Waals surface area contributed by atoms with Gasteiger partial charge in [0.1, 0.15) is 5.75 Å². The monoisotopic (exact) mass is 359 g/mol. The highest BCUT2D eigenvalue weighted by atomic mass is 35.5. The third-order valence-corrected chi connectivity index (χ3v) is 4.05. The van der Waals surface area contributed by atoms with Crippen molar-refractivity contribution in [2.24, 2.45) is 7.05 Å². The molecule has 1 N–H and O–H groups in total. The quantitative estimate of drug-likeness (QED) is 0.759. The summed E-state index contributed by atoms with van der Waals surface area (Å²) in [5.74, 6) is 0.395. The molecular weight excluding hydrogens is 342 g/mol. The molecule has 130 valence electrons. The molecule has 0 saturated carbocycles. The standard InChI is InChI=1S/C17H18ClN5O2/c1-11-8-13(4-5-14(11)18)25-10-23-7-6-15(21-23)17(24)19-16-9-22(3)20-12(16)2/h4-9H,10H2,1-3H3,(H,19,24). The van der Waals surface area contributed by atoms with E-state index in [1.807, 2.05) is 19.9 Å². The fourth-order valence-electron chi connectivity index (χ4n) is 2.31. The van der Waals surface area contributed by atoms with Crippen LogP contribution >= 0.6 is 11.6 Å². The van der Waals surface area contributed by atoms with Crippen molar-refractivity contribution in [3.63, 3.8) is 0 Å². The number of rotatable bonds is 5. The predicted octanol–water partition coefficient (Wildman–Crippen LogP) is 3.18. The normalized spacial score (nSPS) is 10.7. The van der Waals surface area contributed by atoms with Crippen LogP contribution < -0.4 is 10.1 Å². The Hall–Kier alpha value is -2.80. The van der Waals surface area contributed by atoms with Gasteiger partial charge in [-0.05, 0) is 43.7 Å². The van der Waals surface area contributed by atoms with Crippen molar-refractivity contribution in [3.8, 4) is 5.75 Å². The molecule has 2 heterocycles. The molecule has 0 aliphatic rings. The van der Waals surface area contributed by atoms with Crippen LogP contribution in [-0.4, -0.2) is 25.5 Å². The Morgan fingerprint density at radius 3 is 2.76 bits per heavy atom. The number of halogens is 1. The number of aromatic nitrogens is 4. The van der Waals surface area contributed by atoms with Crippen LogP contribution in [0.25, 0.3) is 0 Å². The van der Waals surface area contributed by atoms with E-state index in [0.717, 1.165) is 11.3 Å². The lowest BCUT2D eigenvalue weighted by Gasteiger charge is -2.07. The average Bonchev–Trinajstić information content (AvgIpc) is 3.15. The van der Waals surface area contributed by atoms with E-state index in [0.29, 0.717) is 22.2 Å². The van der Waals surface area contributed by atoms with Crippen molar-refractivity contribution in [1.82, 2.24) is 19.6 Å². The lowest BCUT2D eigenvalue weighted by molar-refractivity contribution is 0.102. The van der Waals surface area contributed by atoms with Gasteiger partial charge in [-0.1, -0.05) is 11.6 Å². The van der Waals surface area contributed by atoms with Crippen molar-refractivity contribution in [2.75, 3.05) is 5.32 Å². The molecule has 0 saturated heterocycles. The van der Waals surface area contributed by atoms with Gasteiger partial charge in [0, 0.05) is 24.5 Å². The van der Waals surface area contributed by atoms with Gasteiger partial charge in [0.15, 0.2) is 12.4 Å². The minimum absolute atomic E-state index is 0.195. The summed E-state index contributed by atoms with van der Waals surface area (Å²) in [5, 5.41) is 11.9. The Bertz CT molecular complexity index is 916. The molecule has 7 nitrogen and oxygen atoms in total. The molecule has 0 radical (unpaired) electrons. The van der Waals surface area contributed by atoms with E-state index in [1.54, 1.807) is 47.0 Å². The van der Waals surface area contributed by atoms with Gasteiger partial charge in [-0.15, -0.1) is 0 Å². The maximum absolute atomic E-state index is 12.3. The third-order valence-electron chi connectivity index (χ3n) is 3.63. The summed E-state index contributed by atoms with van der Waals surface area (Å²) in [6, 6.07) is 7.06. The van der Waals surface area contributed by atoms with E-state index in [1.165, 1.54) is 0 Å². The Morgan fingerprint density at radius 1 is 1.28 bits per heavy atom. The Balaban J connectivity index is 1.62. The number of aryl methyl sites for hydroxylation is 3. The number of nitrogens with zero attached hydrogens (tertiary/aromatic N) is 4. The number of carbonyl (C=O) groups is 1. The highest BCUT2D eigenvalue weighted by molar-refractivity contribution is 6.31. The molecule has 8 heteroatoms. The molecular formula is C17H18ClN5O2. The van der Waals surface area contributed by atoms with Crippen molar-refractivity contribution >= 4 is 23.2 Å². The molecule has 25 heavy (non-hydrogen) atoms. The molecule has 3 aromatic rings. The van der Waals surface area contributed by atoms with Crippen LogP contribution in [0.3, 0.4) is 0 Å². The van der Waals surface area contributed by atoms with Crippen LogP contribution in [0.1, 0.15) is 21.7 Å². The third kappa shape index (κ3) is 4.00. The summed E-state index contributed by atoms with van der Waals surface area (Å²) < 4.78 is 8.85. The second-order valence-corrected chi connectivity index (χ2v) is 6.09. The summed E-state index contributed by atoms with van der Waals surface area (Å²) >= 11 is 5.99. The van der Waals surface area contributed by atoms with E-state index < -0.39 is 0 Å². The highest BCUT2D eigenvalue weighted by Gasteiger charge is 2.13. The second kappa shape index (κ2) is 6.98. The smallest absolute Gasteiger partial charge is 0.276 e. The zero-order chi connectivity index (χ0) is 18.0. The SMILES string of the molecule is Cc1cc(OCn2ccc(C(=O)Nc3cn(C)nc3C)n2)ccc1Cl. The molecule has 0 aliphatic carbocycles. The largest absolute Gasteiger partial charge is 0.471 e. The maximum Gasteiger partial charge on any atom is 0.276 e. The van der Waals surface area contributed by atoms with Crippen LogP contribution in [0.5, 0.6) is 5.75 Å². The van der Waals surface area contributed by atoms with Crippen molar-refractivity contribution in [1.29, 1.82) is 0 Å². The molecule has 0 atom stereocenters. The summed E-state index contributed by atoms with van der Waals surface area (Å²) in [6.45, 7) is 3.93. The fraction of sp³-hybridized carbons (Fsp3) is 0.235. The minimum atomic E-state index is -0.294. The van der Waals surface area contributed by atoms with Crippen LogP contribution in [0.4, 0.5) is 5.69 Å². The number of benzene rings is 1. The molecule has 0 bridgehead atoms. The Kier molecular flexibility index (Phi) is 4.76. The topological polar surface area (TPSA) is 74.0 Å². The van der Waals surface area contributed by atoms with Crippen LogP contribution in [0.2, 0.25) is 5.02 Å². The molecule has 0 unspecified atom stereocenters. The first kappa shape index (κ1) is 17.0. The Morgan fingerprint density at radius 2 is 2.08 bits per heavy atom. The number of amides is 1. The van der Waals surface area contributed by atoms with Gasteiger partial charge in [-0.2, -0.15) is 10.2 Å². The Labute approximate surface area is 150 Å². The lowest BCUT2D eigenvalue weighted by Crippen LogP contribution is -2.14. The van der Waals surface area contributed by atoms with Crippen LogP contribution in [-0.2, 0) is 13.8 Å². The summed E-state index contributed by atoms with van der Waals surface area (Å²) in [4.78, 5) is 12.3. The lowest BCUT2D eigenvalue weighted by atomic mass is 10.2. The fourth-order valence-corrected chi connectivity index (χ4v) is 2.43. The zero-order valence-electron chi connectivity index (χ0n) is 14.2. The van der Waals surface area contributed by atoms with E-state index in [2.05, 4.69) is 15.5 Å². The number of nitrogens with one attached hydrogen (secondary N) is 1. The van der Waals surface area contributed by atoms with Crippen molar-refractivity contribution < 1.29 is 9.53 Å². The number of anilines is 1. The van der Waals surface area contributed by atoms with Gasteiger partial charge in [0.2, 0.25) is 0 Å². The zero-order valence-corrected chi connectivity index (χ0v) is 14.9. The van der Waals surface area contributed by atoms with E-state index in [9.17, 15) is 4.79 Å². The molecule has 0 fully saturated rings. The number of carbonyl (C=O) groups excluding carboxylic acids is 1. The number of hydrogen-bond acceptors (Lipinski definition) is 4. The van der Waals surface area contributed by atoms with E-state index in [4.69, 9.17) is 16.3 Å². The van der Waals surface area contributed by atoms with Gasteiger partial charge in [0.25, 0.3) is 5.91 Å². The first-order chi connectivity index (χ1) is 11.9. The van der Waals surface area contributed by atoms with E-state index >= 15 is 0 Å². The molecule has 1 aromatic carbocycles. The minimum Gasteiger partial charge on any atom is -0.471 e. The highest BCUT2D eigenvalue weighted by Crippen LogP contribution is 2.21. The van der Waals surface area contributed by atoms with Gasteiger partial charge >= 0.3 is 0 Å². The van der Waals surface area contributed by atoms with Gasteiger partial charge < -0.3 is 10.1 Å². The number of hydrogen-bond donors (Lipinski definition) is 1. The molecule has 3 rings (SSSR count). The van der Waals surface area contributed by atoms with Crippen molar-refractivity contribution in [2.45, 2.75) is 20.6 Å².